The molecule has 1 aliphatic heterocycles. The highest BCUT2D eigenvalue weighted by atomic mass is 19.1. The predicted octanol–water partition coefficient (Wildman–Crippen LogP) is 4.02. The van der Waals surface area contributed by atoms with Gasteiger partial charge in [-0.05, 0) is 54.2 Å². The van der Waals surface area contributed by atoms with Crippen molar-refractivity contribution >= 4 is 22.9 Å². The van der Waals surface area contributed by atoms with Crippen molar-refractivity contribution in [3.63, 3.8) is 0 Å². The van der Waals surface area contributed by atoms with E-state index in [2.05, 4.69) is 9.55 Å². The third kappa shape index (κ3) is 3.99. The Morgan fingerprint density at radius 2 is 1.97 bits per heavy atom. The van der Waals surface area contributed by atoms with Crippen LogP contribution in [0.15, 0.2) is 42.6 Å². The molecule has 3 aromatic rings. The van der Waals surface area contributed by atoms with E-state index in [-0.39, 0.29) is 36.0 Å². The van der Waals surface area contributed by atoms with Crippen LogP contribution in [0.5, 0.6) is 0 Å². The molecule has 0 spiro atoms. The first-order valence-corrected chi connectivity index (χ1v) is 11.0. The number of amides is 1. The number of carbonyl (C=O) groups is 2. The maximum absolute atomic E-state index is 13.5. The predicted molar refractivity (Wildman–Crippen MR) is 120 cm³/mol. The van der Waals surface area contributed by atoms with Crippen molar-refractivity contribution in [1.29, 1.82) is 0 Å². The van der Waals surface area contributed by atoms with Gasteiger partial charge in [0.05, 0.1) is 12.3 Å². The number of benzene rings is 1. The van der Waals surface area contributed by atoms with E-state index in [1.54, 1.807) is 18.3 Å². The Hall–Kier alpha value is -3.22. The second-order valence-corrected chi connectivity index (χ2v) is 8.90. The molecule has 1 aliphatic rings. The largest absolute Gasteiger partial charge is 0.481 e. The van der Waals surface area contributed by atoms with E-state index in [9.17, 15) is 19.1 Å². The molecule has 32 heavy (non-hydrogen) atoms. The fourth-order valence-electron chi connectivity index (χ4n) is 4.93. The summed E-state index contributed by atoms with van der Waals surface area (Å²) in [6.45, 7) is 4.57. The molecule has 7 heteroatoms. The summed E-state index contributed by atoms with van der Waals surface area (Å²) in [5.41, 5.74) is 3.39. The molecule has 0 bridgehead atoms. The Bertz CT molecular complexity index is 1150. The van der Waals surface area contributed by atoms with Gasteiger partial charge < -0.3 is 14.6 Å². The Morgan fingerprint density at radius 3 is 2.62 bits per heavy atom. The third-order valence-electron chi connectivity index (χ3n) is 6.53. The topological polar surface area (TPSA) is 75.4 Å². The van der Waals surface area contributed by atoms with Crippen LogP contribution in [0.3, 0.4) is 0 Å². The van der Waals surface area contributed by atoms with Gasteiger partial charge in [0.2, 0.25) is 5.91 Å². The highest BCUT2D eigenvalue weighted by molar-refractivity contribution is 5.87. The molecule has 0 aliphatic carbocycles. The van der Waals surface area contributed by atoms with Crippen LogP contribution < -0.4 is 0 Å². The number of pyridine rings is 1. The summed E-state index contributed by atoms with van der Waals surface area (Å²) in [6, 6.07) is 9.87. The Kier molecular flexibility index (Phi) is 6.00. The van der Waals surface area contributed by atoms with Gasteiger partial charge >= 0.3 is 5.97 Å². The van der Waals surface area contributed by atoms with Gasteiger partial charge in [-0.3, -0.25) is 9.59 Å². The standard InChI is InChI=1S/C25H28FN3O3/c1-15(2)23(16-6-8-17(26)9-7-16)25(32)28(3)18-10-11-21-20(13-22(30)31)19-5-4-12-27-24(19)29(21)14-18/h4-9,12,15,18,23H,10-11,13-14H2,1-3H3,(H,30,31)/t18-,23?/m1/s1. The molecule has 1 aromatic carbocycles. The smallest absolute Gasteiger partial charge is 0.307 e. The number of nitrogens with zero attached hydrogens (tertiary/aromatic N) is 3. The zero-order valence-corrected chi connectivity index (χ0v) is 18.6. The minimum Gasteiger partial charge on any atom is -0.481 e. The number of halogens is 1. The summed E-state index contributed by atoms with van der Waals surface area (Å²) in [7, 11) is 1.83. The highest BCUT2D eigenvalue weighted by Crippen LogP contribution is 2.33. The first kappa shape index (κ1) is 22.0. The van der Waals surface area contributed by atoms with Crippen molar-refractivity contribution in [3.8, 4) is 0 Å². The van der Waals surface area contributed by atoms with E-state index in [1.807, 2.05) is 37.9 Å². The second-order valence-electron chi connectivity index (χ2n) is 8.90. The summed E-state index contributed by atoms with van der Waals surface area (Å²) in [5.74, 6) is -1.47. The molecule has 6 nitrogen and oxygen atoms in total. The number of rotatable bonds is 6. The minimum atomic E-state index is -0.863. The van der Waals surface area contributed by atoms with Crippen LogP contribution in [0.4, 0.5) is 4.39 Å². The number of hydrogen-bond donors (Lipinski definition) is 1. The van der Waals surface area contributed by atoms with Crippen LogP contribution in [0, 0.1) is 11.7 Å². The molecule has 0 radical (unpaired) electrons. The van der Waals surface area contributed by atoms with Crippen LogP contribution in [0.2, 0.25) is 0 Å². The quantitative estimate of drug-likeness (QED) is 0.632. The Morgan fingerprint density at radius 1 is 1.25 bits per heavy atom. The minimum absolute atomic E-state index is 0.00948. The molecule has 1 unspecified atom stereocenters. The van der Waals surface area contributed by atoms with Gasteiger partial charge in [-0.2, -0.15) is 0 Å². The van der Waals surface area contributed by atoms with Crippen molar-refractivity contribution in [2.24, 2.45) is 5.92 Å². The van der Waals surface area contributed by atoms with E-state index >= 15 is 0 Å². The molecule has 2 atom stereocenters. The van der Waals surface area contributed by atoms with Gasteiger partial charge in [0.1, 0.15) is 11.5 Å². The number of aromatic nitrogens is 2. The van der Waals surface area contributed by atoms with Crippen molar-refractivity contribution in [2.75, 3.05) is 7.05 Å². The summed E-state index contributed by atoms with van der Waals surface area (Å²) >= 11 is 0. The van der Waals surface area contributed by atoms with Gasteiger partial charge in [-0.15, -0.1) is 0 Å². The van der Waals surface area contributed by atoms with Crippen molar-refractivity contribution < 1.29 is 19.1 Å². The number of hydrogen-bond acceptors (Lipinski definition) is 3. The van der Waals surface area contributed by atoms with Gasteiger partial charge in [-0.1, -0.05) is 26.0 Å². The first-order valence-electron chi connectivity index (χ1n) is 11.0. The van der Waals surface area contributed by atoms with E-state index in [4.69, 9.17) is 0 Å². The van der Waals surface area contributed by atoms with E-state index < -0.39 is 5.97 Å². The average molecular weight is 438 g/mol. The molecular formula is C25H28FN3O3. The molecule has 4 rings (SSSR count). The molecule has 2 aromatic heterocycles. The van der Waals surface area contributed by atoms with Crippen molar-refractivity contribution in [1.82, 2.24) is 14.5 Å². The summed E-state index contributed by atoms with van der Waals surface area (Å²) < 4.78 is 15.5. The number of carbonyl (C=O) groups excluding carboxylic acids is 1. The maximum Gasteiger partial charge on any atom is 0.307 e. The Labute approximate surface area is 186 Å². The van der Waals surface area contributed by atoms with Gasteiger partial charge in [0, 0.05) is 36.9 Å². The van der Waals surface area contributed by atoms with Gasteiger partial charge in [0.25, 0.3) is 0 Å². The van der Waals surface area contributed by atoms with E-state index in [0.717, 1.165) is 34.3 Å². The maximum atomic E-state index is 13.5. The number of fused-ring (bicyclic) bond motifs is 3. The monoisotopic (exact) mass is 437 g/mol. The lowest BCUT2D eigenvalue weighted by Gasteiger charge is -2.36. The van der Waals surface area contributed by atoms with Crippen molar-refractivity contribution in [3.05, 3.63) is 65.2 Å². The zero-order valence-electron chi connectivity index (χ0n) is 18.6. The molecule has 0 saturated heterocycles. The molecular weight excluding hydrogens is 409 g/mol. The van der Waals surface area contributed by atoms with Crippen LogP contribution in [0.1, 0.15) is 43.0 Å². The third-order valence-corrected chi connectivity index (χ3v) is 6.53. The van der Waals surface area contributed by atoms with Gasteiger partial charge in [0.15, 0.2) is 0 Å². The van der Waals surface area contributed by atoms with Crippen LogP contribution in [-0.2, 0) is 29.0 Å². The second kappa shape index (κ2) is 8.73. The number of carboxylic acids is 1. The summed E-state index contributed by atoms with van der Waals surface area (Å²) in [6.07, 6.45) is 3.11. The normalized spacial score (nSPS) is 16.7. The molecule has 1 N–H and O–H groups in total. The van der Waals surface area contributed by atoms with E-state index in [1.165, 1.54) is 12.1 Å². The lowest BCUT2D eigenvalue weighted by molar-refractivity contribution is -0.136. The summed E-state index contributed by atoms with van der Waals surface area (Å²) in [5, 5.41) is 10.3. The fraction of sp³-hybridized carbons (Fsp3) is 0.400. The van der Waals surface area contributed by atoms with E-state index in [0.29, 0.717) is 13.0 Å². The number of carboxylic acid groups (broad SMARTS) is 1. The lowest BCUT2D eigenvalue weighted by atomic mass is 9.86. The molecule has 168 valence electrons. The number of aliphatic carboxylic acids is 1. The SMILES string of the molecule is CC(C)C(C(=O)N(C)[C@@H]1CCc2c(CC(=O)O)c3cccnc3n2C1)c1ccc(F)cc1. The fourth-order valence-corrected chi connectivity index (χ4v) is 4.93. The van der Waals surface area contributed by atoms with Crippen LogP contribution >= 0.6 is 0 Å². The van der Waals surface area contributed by atoms with Crippen LogP contribution in [0.25, 0.3) is 11.0 Å². The number of likely N-dealkylation sites (N-methyl/N-ethyl adjacent to an activating group) is 1. The average Bonchev–Trinajstić information content (AvgIpc) is 3.07. The molecule has 1 amide bonds. The highest BCUT2D eigenvalue weighted by Gasteiger charge is 2.34. The van der Waals surface area contributed by atoms with Crippen molar-refractivity contribution in [2.45, 2.75) is 51.6 Å². The first-order chi connectivity index (χ1) is 15.3. The lowest BCUT2D eigenvalue weighted by Crippen LogP contribution is -2.45. The van der Waals surface area contributed by atoms with Crippen LogP contribution in [-0.4, -0.2) is 44.5 Å². The summed E-state index contributed by atoms with van der Waals surface area (Å²) in [4.78, 5) is 31.3. The Balaban J connectivity index is 1.63. The zero-order chi connectivity index (χ0) is 23.0. The molecule has 3 heterocycles. The molecule has 0 saturated carbocycles. The molecule has 0 fully saturated rings. The van der Waals surface area contributed by atoms with Gasteiger partial charge in [-0.25, -0.2) is 9.37 Å².